The molecule has 3 N–H and O–H groups in total. The van der Waals surface area contributed by atoms with Crippen molar-refractivity contribution in [3.63, 3.8) is 0 Å². The minimum absolute atomic E-state index is 0. The molecule has 0 bridgehead atoms. The van der Waals surface area contributed by atoms with E-state index in [0.29, 0.717) is 12.8 Å². The van der Waals surface area contributed by atoms with Gasteiger partial charge in [0, 0.05) is 6.04 Å². The molecule has 1 saturated heterocycles. The van der Waals surface area contributed by atoms with Gasteiger partial charge in [-0.15, -0.1) is 12.4 Å². The van der Waals surface area contributed by atoms with Gasteiger partial charge in [-0.05, 0) is 58.0 Å². The van der Waals surface area contributed by atoms with Crippen LogP contribution < -0.4 is 14.8 Å². The molecule has 144 valence electrons. The lowest BCUT2D eigenvalue weighted by molar-refractivity contribution is 0.427. The van der Waals surface area contributed by atoms with E-state index in [4.69, 9.17) is 0 Å². The van der Waals surface area contributed by atoms with Crippen molar-refractivity contribution >= 4 is 38.1 Å². The lowest BCUT2D eigenvalue weighted by Crippen LogP contribution is -2.42. The summed E-state index contributed by atoms with van der Waals surface area (Å²) in [6.45, 7) is 4.36. The molecular weight excluding hydrogens is 393 g/mol. The quantitative estimate of drug-likeness (QED) is 0.652. The van der Waals surface area contributed by atoms with Crippen LogP contribution in [0.25, 0.3) is 0 Å². The van der Waals surface area contributed by atoms with Crippen molar-refractivity contribution in [3.8, 4) is 0 Å². The van der Waals surface area contributed by atoms with Gasteiger partial charge < -0.3 is 5.32 Å². The second-order valence-corrected chi connectivity index (χ2v) is 9.93. The minimum atomic E-state index is -3.85. The maximum absolute atomic E-state index is 14.1. The molecule has 0 spiro atoms. The highest BCUT2D eigenvalue weighted by atomic mass is 35.5. The van der Waals surface area contributed by atoms with Crippen LogP contribution in [0.5, 0.6) is 0 Å². The number of hydrogen-bond acceptors (Lipinski definition) is 5. The number of benzene rings is 1. The van der Waals surface area contributed by atoms with Gasteiger partial charge in [0.1, 0.15) is 5.82 Å². The van der Waals surface area contributed by atoms with Gasteiger partial charge in [-0.1, -0.05) is 0 Å². The molecule has 0 saturated carbocycles. The molecule has 25 heavy (non-hydrogen) atoms. The Morgan fingerprint density at radius 3 is 2.28 bits per heavy atom. The van der Waals surface area contributed by atoms with Crippen LogP contribution in [0.15, 0.2) is 23.1 Å². The summed E-state index contributed by atoms with van der Waals surface area (Å²) >= 11 is 0. The van der Waals surface area contributed by atoms with Gasteiger partial charge in [-0.3, -0.25) is 4.72 Å². The molecule has 1 fully saturated rings. The zero-order valence-electron chi connectivity index (χ0n) is 14.0. The molecular formula is C14H23ClFN3O4S2. The van der Waals surface area contributed by atoms with Crippen molar-refractivity contribution in [2.75, 3.05) is 17.8 Å². The number of nitrogens with one attached hydrogen (secondary N) is 3. The van der Waals surface area contributed by atoms with Crippen LogP contribution in [-0.4, -0.2) is 41.2 Å². The molecule has 7 nitrogen and oxygen atoms in total. The summed E-state index contributed by atoms with van der Waals surface area (Å²) in [6, 6.07) is 2.93. The fraction of sp³-hybridized carbons (Fsp3) is 0.571. The van der Waals surface area contributed by atoms with Gasteiger partial charge in [0.05, 0.1) is 15.8 Å². The molecule has 1 heterocycles. The van der Waals surface area contributed by atoms with E-state index in [1.54, 1.807) is 0 Å². The van der Waals surface area contributed by atoms with Gasteiger partial charge in [-0.2, -0.15) is 0 Å². The van der Waals surface area contributed by atoms with Crippen molar-refractivity contribution in [2.45, 2.75) is 42.9 Å². The lowest BCUT2D eigenvalue weighted by atomic mass is 10.1. The maximum atomic E-state index is 14.1. The first-order chi connectivity index (χ1) is 11.1. The van der Waals surface area contributed by atoms with Gasteiger partial charge in [0.2, 0.25) is 20.0 Å². The third-order valence-corrected chi connectivity index (χ3v) is 7.05. The first-order valence-electron chi connectivity index (χ1n) is 7.66. The van der Waals surface area contributed by atoms with Gasteiger partial charge in [-0.25, -0.2) is 25.9 Å². The number of piperidine rings is 1. The Kier molecular flexibility index (Phi) is 7.63. The Balaban J connectivity index is 0.00000312. The summed E-state index contributed by atoms with van der Waals surface area (Å²) in [6.07, 6.45) is 1.32. The second-order valence-electron chi connectivity index (χ2n) is 5.98. The summed E-state index contributed by atoms with van der Waals surface area (Å²) in [5.74, 6) is -0.938. The minimum Gasteiger partial charge on any atom is -0.317 e. The molecule has 0 aliphatic carbocycles. The molecule has 0 aromatic heterocycles. The molecule has 1 aromatic rings. The Morgan fingerprint density at radius 2 is 1.76 bits per heavy atom. The Labute approximate surface area is 154 Å². The highest BCUT2D eigenvalue weighted by Crippen LogP contribution is 2.21. The molecule has 1 aliphatic heterocycles. The van der Waals surface area contributed by atoms with Crippen LogP contribution in [0.1, 0.15) is 26.7 Å². The van der Waals surface area contributed by atoms with E-state index in [9.17, 15) is 21.2 Å². The number of anilines is 1. The third kappa shape index (κ3) is 5.78. The summed E-state index contributed by atoms with van der Waals surface area (Å²) in [5, 5.41) is 2.39. The van der Waals surface area contributed by atoms with E-state index in [1.807, 2.05) is 0 Å². The van der Waals surface area contributed by atoms with Crippen LogP contribution in [0.2, 0.25) is 0 Å². The molecule has 11 heteroatoms. The van der Waals surface area contributed by atoms with E-state index in [0.717, 1.165) is 25.2 Å². The molecule has 1 aliphatic rings. The lowest BCUT2D eigenvalue weighted by Gasteiger charge is -2.23. The van der Waals surface area contributed by atoms with Crippen molar-refractivity contribution < 1.29 is 21.2 Å². The monoisotopic (exact) mass is 415 g/mol. The Morgan fingerprint density at radius 1 is 1.16 bits per heavy atom. The Hall–Kier alpha value is -0.940. The standard InChI is InChI=1S/C14H22FN3O4S2.ClH/c1-10(2)23(19,20)18-14-4-3-12(9-13(14)15)24(21,22)17-11-5-7-16-8-6-11;/h3-4,9-11,16-18H,5-8H2,1-2H3;1H. The molecule has 0 atom stereocenters. The number of rotatable bonds is 6. The molecule has 1 aromatic carbocycles. The summed E-state index contributed by atoms with van der Waals surface area (Å²) in [4.78, 5) is -0.231. The molecule has 0 unspecified atom stereocenters. The number of halogens is 2. The van der Waals surface area contributed by atoms with Crippen LogP contribution in [-0.2, 0) is 20.0 Å². The highest BCUT2D eigenvalue weighted by Gasteiger charge is 2.24. The highest BCUT2D eigenvalue weighted by molar-refractivity contribution is 7.93. The first kappa shape index (κ1) is 22.1. The van der Waals surface area contributed by atoms with Crippen molar-refractivity contribution in [1.29, 1.82) is 0 Å². The van der Waals surface area contributed by atoms with E-state index in [2.05, 4.69) is 14.8 Å². The van der Waals surface area contributed by atoms with Crippen LogP contribution in [0, 0.1) is 5.82 Å². The maximum Gasteiger partial charge on any atom is 0.240 e. The van der Waals surface area contributed by atoms with Crippen molar-refractivity contribution in [2.24, 2.45) is 0 Å². The summed E-state index contributed by atoms with van der Waals surface area (Å²) in [5.41, 5.74) is -0.274. The topological polar surface area (TPSA) is 104 Å². The van der Waals surface area contributed by atoms with Gasteiger partial charge in [0.25, 0.3) is 0 Å². The summed E-state index contributed by atoms with van der Waals surface area (Å²) in [7, 11) is -7.56. The molecule has 0 amide bonds. The van der Waals surface area contributed by atoms with Gasteiger partial charge in [0.15, 0.2) is 0 Å². The predicted octanol–water partition coefficient (Wildman–Crippen LogP) is 1.43. The fourth-order valence-corrected chi connectivity index (χ4v) is 4.27. The fourth-order valence-electron chi connectivity index (χ4n) is 2.24. The van der Waals surface area contributed by atoms with E-state index in [1.165, 1.54) is 19.9 Å². The van der Waals surface area contributed by atoms with Crippen LogP contribution >= 0.6 is 12.4 Å². The number of sulfonamides is 2. The zero-order valence-corrected chi connectivity index (χ0v) is 16.4. The smallest absolute Gasteiger partial charge is 0.240 e. The van der Waals surface area contributed by atoms with E-state index >= 15 is 0 Å². The van der Waals surface area contributed by atoms with Crippen molar-refractivity contribution in [1.82, 2.24) is 10.0 Å². The van der Waals surface area contributed by atoms with E-state index < -0.39 is 31.1 Å². The second kappa shape index (κ2) is 8.63. The largest absolute Gasteiger partial charge is 0.317 e. The first-order valence-corrected chi connectivity index (χ1v) is 10.7. The van der Waals surface area contributed by atoms with Crippen LogP contribution in [0.4, 0.5) is 10.1 Å². The van der Waals surface area contributed by atoms with E-state index in [-0.39, 0.29) is 29.0 Å². The predicted molar refractivity (Wildman–Crippen MR) is 97.5 cm³/mol. The average molecular weight is 416 g/mol. The van der Waals surface area contributed by atoms with Crippen LogP contribution in [0.3, 0.4) is 0 Å². The zero-order chi connectivity index (χ0) is 18.0. The molecule has 0 radical (unpaired) electrons. The summed E-state index contributed by atoms with van der Waals surface area (Å²) < 4.78 is 67.0. The molecule has 2 rings (SSSR count). The van der Waals surface area contributed by atoms with Crippen molar-refractivity contribution in [3.05, 3.63) is 24.0 Å². The number of hydrogen-bond donors (Lipinski definition) is 3. The Bertz CT molecular complexity index is 794. The third-order valence-electron chi connectivity index (χ3n) is 3.78. The average Bonchev–Trinajstić information content (AvgIpc) is 2.49. The van der Waals surface area contributed by atoms with Gasteiger partial charge >= 0.3 is 0 Å². The SMILES string of the molecule is CC(C)S(=O)(=O)Nc1ccc(S(=O)(=O)NC2CCNCC2)cc1F.Cl. The normalized spacial score (nSPS) is 16.5.